The van der Waals surface area contributed by atoms with E-state index in [9.17, 15) is 4.79 Å². The Labute approximate surface area is 198 Å². The van der Waals surface area contributed by atoms with Crippen LogP contribution in [0.15, 0.2) is 72.1 Å². The van der Waals surface area contributed by atoms with Crippen molar-refractivity contribution in [3.63, 3.8) is 0 Å². The molecule has 0 unspecified atom stereocenters. The van der Waals surface area contributed by atoms with Crippen molar-refractivity contribution in [3.05, 3.63) is 77.0 Å². The van der Waals surface area contributed by atoms with E-state index >= 15 is 0 Å². The third-order valence-electron chi connectivity index (χ3n) is 4.36. The van der Waals surface area contributed by atoms with E-state index in [1.165, 1.54) is 11.8 Å². The van der Waals surface area contributed by atoms with Crippen LogP contribution >= 0.6 is 35.0 Å². The maximum Gasteiger partial charge on any atom is 0.234 e. The van der Waals surface area contributed by atoms with Gasteiger partial charge >= 0.3 is 0 Å². The summed E-state index contributed by atoms with van der Waals surface area (Å²) in [6.07, 6.45) is 3.41. The molecule has 4 aromatic rings. The van der Waals surface area contributed by atoms with Crippen molar-refractivity contribution in [1.82, 2.24) is 19.7 Å². The molecule has 0 radical (unpaired) electrons. The lowest BCUT2D eigenvalue weighted by Crippen LogP contribution is -2.14. The number of nitrogens with zero attached hydrogens (tertiary/aromatic N) is 4. The largest absolute Gasteiger partial charge is 0.497 e. The van der Waals surface area contributed by atoms with Gasteiger partial charge in [0.1, 0.15) is 5.75 Å². The number of benzene rings is 2. The number of anilines is 1. The Kier molecular flexibility index (Phi) is 6.94. The average Bonchev–Trinajstić information content (AvgIpc) is 3.21. The number of methoxy groups -OCH3 is 1. The first-order valence-corrected chi connectivity index (χ1v) is 11.2. The molecule has 7 nitrogen and oxygen atoms in total. The van der Waals surface area contributed by atoms with Crippen LogP contribution in [0.25, 0.3) is 17.1 Å². The molecule has 0 aliphatic rings. The molecule has 0 spiro atoms. The zero-order valence-electron chi connectivity index (χ0n) is 16.8. The molecule has 0 fully saturated rings. The van der Waals surface area contributed by atoms with E-state index in [4.69, 9.17) is 27.9 Å². The molecule has 0 aliphatic carbocycles. The lowest BCUT2D eigenvalue weighted by molar-refractivity contribution is -0.113. The van der Waals surface area contributed by atoms with Gasteiger partial charge in [0, 0.05) is 39.4 Å². The summed E-state index contributed by atoms with van der Waals surface area (Å²) >= 11 is 13.3. The third kappa shape index (κ3) is 5.21. The maximum absolute atomic E-state index is 12.5. The number of hydrogen-bond donors (Lipinski definition) is 1. The summed E-state index contributed by atoms with van der Waals surface area (Å²) in [5.41, 5.74) is 2.17. The van der Waals surface area contributed by atoms with Gasteiger partial charge < -0.3 is 10.1 Å². The lowest BCUT2D eigenvalue weighted by Gasteiger charge is -2.11. The Morgan fingerprint density at radius 3 is 2.50 bits per heavy atom. The number of aromatic nitrogens is 4. The van der Waals surface area contributed by atoms with Gasteiger partial charge in [0.15, 0.2) is 11.0 Å². The number of nitrogens with one attached hydrogen (secondary N) is 1. The molecule has 2 aromatic carbocycles. The number of hydrogen-bond acceptors (Lipinski definition) is 6. The van der Waals surface area contributed by atoms with Gasteiger partial charge in [0.25, 0.3) is 0 Å². The molecular weight excluding hydrogens is 469 g/mol. The molecule has 10 heteroatoms. The standard InChI is InChI=1S/C22H17Cl2N5O2S/c1-31-19-6-4-18(5-7-19)29-21(14-3-2-8-25-12-14)27-28-22(29)32-13-20(30)26-17-10-15(23)9-16(24)11-17/h2-12H,13H2,1H3,(H,26,30). The summed E-state index contributed by atoms with van der Waals surface area (Å²) in [6, 6.07) is 16.1. The Balaban J connectivity index is 1.59. The first-order valence-electron chi connectivity index (χ1n) is 9.42. The summed E-state index contributed by atoms with van der Waals surface area (Å²) in [5, 5.41) is 12.9. The second-order valence-electron chi connectivity index (χ2n) is 6.58. The van der Waals surface area contributed by atoms with Crippen LogP contribution in [0.5, 0.6) is 5.75 Å². The van der Waals surface area contributed by atoms with E-state index in [1.807, 2.05) is 41.0 Å². The molecule has 2 aromatic heterocycles. The molecule has 162 valence electrons. The minimum absolute atomic E-state index is 0.117. The fourth-order valence-electron chi connectivity index (χ4n) is 2.96. The van der Waals surface area contributed by atoms with Crippen molar-refractivity contribution in [2.45, 2.75) is 5.16 Å². The summed E-state index contributed by atoms with van der Waals surface area (Å²) < 4.78 is 7.14. The van der Waals surface area contributed by atoms with Gasteiger partial charge in [-0.05, 0) is 54.6 Å². The Morgan fingerprint density at radius 1 is 1.09 bits per heavy atom. The smallest absolute Gasteiger partial charge is 0.234 e. The van der Waals surface area contributed by atoms with E-state index < -0.39 is 0 Å². The van der Waals surface area contributed by atoms with Crippen LogP contribution in [0.3, 0.4) is 0 Å². The first-order chi connectivity index (χ1) is 15.5. The van der Waals surface area contributed by atoms with Crippen molar-refractivity contribution < 1.29 is 9.53 Å². The zero-order chi connectivity index (χ0) is 22.5. The number of halogens is 2. The van der Waals surface area contributed by atoms with E-state index in [0.29, 0.717) is 26.7 Å². The average molecular weight is 486 g/mol. The van der Waals surface area contributed by atoms with E-state index in [2.05, 4.69) is 20.5 Å². The van der Waals surface area contributed by atoms with Gasteiger partial charge in [-0.25, -0.2) is 0 Å². The summed E-state index contributed by atoms with van der Waals surface area (Å²) in [5.74, 6) is 1.25. The quantitative estimate of drug-likeness (QED) is 0.354. The van der Waals surface area contributed by atoms with Crippen molar-refractivity contribution in [2.75, 3.05) is 18.2 Å². The second-order valence-corrected chi connectivity index (χ2v) is 8.39. The summed E-state index contributed by atoms with van der Waals surface area (Å²) in [7, 11) is 1.61. The van der Waals surface area contributed by atoms with Crippen LogP contribution in [0.4, 0.5) is 5.69 Å². The number of carbonyl (C=O) groups is 1. The maximum atomic E-state index is 12.5. The number of ether oxygens (including phenoxy) is 1. The zero-order valence-corrected chi connectivity index (χ0v) is 19.2. The molecule has 32 heavy (non-hydrogen) atoms. The topological polar surface area (TPSA) is 81.9 Å². The van der Waals surface area contributed by atoms with E-state index in [0.717, 1.165) is 17.0 Å². The molecule has 0 saturated carbocycles. The predicted octanol–water partition coefficient (Wildman–Crippen LogP) is 5.38. The van der Waals surface area contributed by atoms with Gasteiger partial charge in [-0.1, -0.05) is 35.0 Å². The second kappa shape index (κ2) is 10.0. The Morgan fingerprint density at radius 2 is 1.84 bits per heavy atom. The van der Waals surface area contributed by atoms with Gasteiger partial charge in [-0.15, -0.1) is 10.2 Å². The van der Waals surface area contributed by atoms with Crippen LogP contribution in [0.1, 0.15) is 0 Å². The monoisotopic (exact) mass is 485 g/mol. The van der Waals surface area contributed by atoms with Crippen molar-refractivity contribution in [1.29, 1.82) is 0 Å². The Bertz CT molecular complexity index is 1210. The van der Waals surface area contributed by atoms with Crippen LogP contribution in [-0.4, -0.2) is 38.5 Å². The highest BCUT2D eigenvalue weighted by Crippen LogP contribution is 2.29. The number of pyridine rings is 1. The highest BCUT2D eigenvalue weighted by atomic mass is 35.5. The lowest BCUT2D eigenvalue weighted by atomic mass is 10.2. The number of thioether (sulfide) groups is 1. The van der Waals surface area contributed by atoms with Crippen LogP contribution in [-0.2, 0) is 4.79 Å². The highest BCUT2D eigenvalue weighted by Gasteiger charge is 2.18. The molecule has 0 bridgehead atoms. The van der Waals surface area contributed by atoms with E-state index in [1.54, 1.807) is 37.7 Å². The number of carbonyl (C=O) groups excluding carboxylic acids is 1. The molecule has 0 saturated heterocycles. The molecule has 0 atom stereocenters. The third-order valence-corrected chi connectivity index (χ3v) is 5.73. The summed E-state index contributed by atoms with van der Waals surface area (Å²) in [4.78, 5) is 16.7. The SMILES string of the molecule is COc1ccc(-n2c(SCC(=O)Nc3cc(Cl)cc(Cl)c3)nnc2-c2cccnc2)cc1. The number of amides is 1. The van der Waals surface area contributed by atoms with Crippen LogP contribution < -0.4 is 10.1 Å². The fraction of sp³-hybridized carbons (Fsp3) is 0.0909. The van der Waals surface area contributed by atoms with Crippen molar-refractivity contribution in [2.24, 2.45) is 0 Å². The fourth-order valence-corrected chi connectivity index (χ4v) is 4.24. The first kappa shape index (κ1) is 22.1. The van der Waals surface area contributed by atoms with Gasteiger partial charge in [-0.2, -0.15) is 0 Å². The molecule has 1 N–H and O–H groups in total. The minimum Gasteiger partial charge on any atom is -0.497 e. The van der Waals surface area contributed by atoms with Gasteiger partial charge in [-0.3, -0.25) is 14.3 Å². The normalized spacial score (nSPS) is 10.7. The molecule has 1 amide bonds. The van der Waals surface area contributed by atoms with Gasteiger partial charge in [0.05, 0.1) is 12.9 Å². The van der Waals surface area contributed by atoms with Crippen LogP contribution in [0.2, 0.25) is 10.0 Å². The van der Waals surface area contributed by atoms with Crippen molar-refractivity contribution in [3.8, 4) is 22.8 Å². The minimum atomic E-state index is -0.222. The van der Waals surface area contributed by atoms with Crippen LogP contribution in [0, 0.1) is 0 Å². The van der Waals surface area contributed by atoms with E-state index in [-0.39, 0.29) is 11.7 Å². The molecule has 4 rings (SSSR count). The predicted molar refractivity (Wildman–Crippen MR) is 127 cm³/mol. The molecular formula is C22H17Cl2N5O2S. The molecule has 2 heterocycles. The Hall–Kier alpha value is -3.07. The van der Waals surface area contributed by atoms with Gasteiger partial charge in [0.2, 0.25) is 5.91 Å². The number of rotatable bonds is 7. The molecule has 0 aliphatic heterocycles. The highest BCUT2D eigenvalue weighted by molar-refractivity contribution is 7.99. The van der Waals surface area contributed by atoms with Crippen molar-refractivity contribution >= 4 is 46.6 Å². The summed E-state index contributed by atoms with van der Waals surface area (Å²) in [6.45, 7) is 0.